The van der Waals surface area contributed by atoms with Crippen molar-refractivity contribution in [1.82, 2.24) is 0 Å². The second-order valence-electron chi connectivity index (χ2n) is 3.24. The maximum atomic E-state index is 10.5. The maximum Gasteiger partial charge on any atom is 0.324 e. The predicted molar refractivity (Wildman–Crippen MR) is 65.2 cm³/mol. The monoisotopic (exact) mass is 235 g/mol. The lowest BCUT2D eigenvalue weighted by Crippen LogP contribution is -1.93. The zero-order chi connectivity index (χ0) is 11.7. The smallest absolute Gasteiger partial charge is 0.324 e. The molecule has 1 heterocycles. The minimum absolute atomic E-state index is 0.116. The molecule has 82 valence electrons. The van der Waals surface area contributed by atoms with Gasteiger partial charge in [-0.15, -0.1) is 0 Å². The van der Waals surface area contributed by atoms with E-state index < -0.39 is 4.92 Å². The van der Waals surface area contributed by atoms with Gasteiger partial charge in [0.1, 0.15) is 0 Å². The third-order valence-corrected chi connectivity index (χ3v) is 3.23. The first kappa shape index (κ1) is 10.4. The summed E-state index contributed by atoms with van der Waals surface area (Å²) in [6.45, 7) is 0. The van der Waals surface area contributed by atoms with Crippen LogP contribution in [0.25, 0.3) is 10.4 Å². The van der Waals surface area contributed by atoms with Crippen molar-refractivity contribution in [3.8, 4) is 10.4 Å². The highest BCUT2D eigenvalue weighted by molar-refractivity contribution is 7.18. The Morgan fingerprint density at radius 1 is 1.12 bits per heavy atom. The molecule has 5 nitrogen and oxygen atoms in total. The Morgan fingerprint density at radius 3 is 2.44 bits per heavy atom. The summed E-state index contributed by atoms with van der Waals surface area (Å²) in [5, 5.41) is 10.7. The molecule has 4 N–H and O–H groups in total. The fraction of sp³-hybridized carbons (Fsp3) is 0. The van der Waals surface area contributed by atoms with Crippen LogP contribution in [0.1, 0.15) is 0 Å². The zero-order valence-corrected chi connectivity index (χ0v) is 9.03. The summed E-state index contributed by atoms with van der Waals surface area (Å²) in [4.78, 5) is 10.9. The van der Waals surface area contributed by atoms with Crippen molar-refractivity contribution >= 4 is 27.7 Å². The van der Waals surface area contributed by atoms with E-state index in [0.717, 1.165) is 21.8 Å². The van der Waals surface area contributed by atoms with Gasteiger partial charge in [-0.25, -0.2) is 0 Å². The lowest BCUT2D eigenvalue weighted by molar-refractivity contribution is -0.380. The number of anilines is 2. The minimum atomic E-state index is -0.408. The predicted octanol–water partition coefficient (Wildman–Crippen LogP) is 2.49. The fourth-order valence-corrected chi connectivity index (χ4v) is 2.13. The number of nitrogens with two attached hydrogens (primary N) is 2. The minimum Gasteiger partial charge on any atom is -0.397 e. The molecule has 0 saturated heterocycles. The van der Waals surface area contributed by atoms with Crippen LogP contribution in [0.4, 0.5) is 16.4 Å². The maximum absolute atomic E-state index is 10.5. The van der Waals surface area contributed by atoms with Crippen molar-refractivity contribution in [3.63, 3.8) is 0 Å². The standard InChI is InChI=1S/C10H9N3O2S/c11-7-2-1-6(5-8(7)12)9-3-4-10(16-9)13(14)15/h1-5H,11-12H2. The lowest BCUT2D eigenvalue weighted by Gasteiger charge is -2.02. The number of nitrogens with zero attached hydrogens (tertiary/aromatic N) is 1. The van der Waals surface area contributed by atoms with E-state index in [1.165, 1.54) is 6.07 Å². The molecule has 6 heteroatoms. The molecule has 1 aromatic carbocycles. The molecule has 0 bridgehead atoms. The van der Waals surface area contributed by atoms with E-state index in [0.29, 0.717) is 11.4 Å². The third-order valence-electron chi connectivity index (χ3n) is 2.14. The van der Waals surface area contributed by atoms with Crippen LogP contribution in [-0.4, -0.2) is 4.92 Å². The number of rotatable bonds is 2. The molecule has 0 aliphatic rings. The Bertz CT molecular complexity index is 551. The largest absolute Gasteiger partial charge is 0.397 e. The van der Waals surface area contributed by atoms with Gasteiger partial charge in [-0.1, -0.05) is 17.4 Å². The number of nitro groups is 1. The fourth-order valence-electron chi connectivity index (χ4n) is 1.31. The van der Waals surface area contributed by atoms with E-state index in [4.69, 9.17) is 11.5 Å². The van der Waals surface area contributed by atoms with Gasteiger partial charge in [0.15, 0.2) is 0 Å². The summed E-state index contributed by atoms with van der Waals surface area (Å²) >= 11 is 1.11. The number of benzene rings is 1. The van der Waals surface area contributed by atoms with Crippen molar-refractivity contribution in [2.24, 2.45) is 0 Å². The van der Waals surface area contributed by atoms with Gasteiger partial charge in [-0.2, -0.15) is 0 Å². The molecule has 2 aromatic rings. The molecule has 16 heavy (non-hydrogen) atoms. The van der Waals surface area contributed by atoms with Crippen LogP contribution in [0.5, 0.6) is 0 Å². The summed E-state index contributed by atoms with van der Waals surface area (Å²) in [6.07, 6.45) is 0. The summed E-state index contributed by atoms with van der Waals surface area (Å²) in [5.74, 6) is 0. The van der Waals surface area contributed by atoms with Crippen LogP contribution in [-0.2, 0) is 0 Å². The molecule has 0 aliphatic heterocycles. The van der Waals surface area contributed by atoms with Crippen molar-refractivity contribution in [2.75, 3.05) is 11.5 Å². The Labute approximate surface area is 95.5 Å². The quantitative estimate of drug-likeness (QED) is 0.475. The first-order valence-corrected chi connectivity index (χ1v) is 5.29. The molecule has 0 atom stereocenters. The Morgan fingerprint density at radius 2 is 1.88 bits per heavy atom. The van der Waals surface area contributed by atoms with Crippen LogP contribution < -0.4 is 11.5 Å². The molecular formula is C10H9N3O2S. The van der Waals surface area contributed by atoms with E-state index in [2.05, 4.69) is 0 Å². The van der Waals surface area contributed by atoms with E-state index in [1.807, 2.05) is 0 Å². The average molecular weight is 235 g/mol. The van der Waals surface area contributed by atoms with Crippen molar-refractivity contribution in [1.29, 1.82) is 0 Å². The number of hydrogen-bond donors (Lipinski definition) is 2. The van der Waals surface area contributed by atoms with Gasteiger partial charge >= 0.3 is 5.00 Å². The topological polar surface area (TPSA) is 95.2 Å². The molecule has 1 aromatic heterocycles. The van der Waals surface area contributed by atoms with Crippen molar-refractivity contribution in [2.45, 2.75) is 0 Å². The molecular weight excluding hydrogens is 226 g/mol. The second-order valence-corrected chi connectivity index (χ2v) is 4.30. The number of nitrogen functional groups attached to an aromatic ring is 2. The molecule has 0 radical (unpaired) electrons. The van der Waals surface area contributed by atoms with E-state index in [9.17, 15) is 10.1 Å². The van der Waals surface area contributed by atoms with Crippen molar-refractivity contribution < 1.29 is 4.92 Å². The summed E-state index contributed by atoms with van der Waals surface area (Å²) in [5.41, 5.74) is 13.1. The molecule has 0 unspecified atom stereocenters. The van der Waals surface area contributed by atoms with Crippen LogP contribution >= 0.6 is 11.3 Å². The van der Waals surface area contributed by atoms with Gasteiger partial charge in [-0.3, -0.25) is 10.1 Å². The summed E-state index contributed by atoms with van der Waals surface area (Å²) in [6, 6.07) is 8.38. The molecule has 0 spiro atoms. The molecule has 2 rings (SSSR count). The Balaban J connectivity index is 2.42. The van der Waals surface area contributed by atoms with Crippen LogP contribution in [0, 0.1) is 10.1 Å². The highest BCUT2D eigenvalue weighted by atomic mass is 32.1. The van der Waals surface area contributed by atoms with Gasteiger partial charge in [0, 0.05) is 10.9 Å². The normalized spacial score (nSPS) is 10.2. The Hall–Kier alpha value is -2.08. The van der Waals surface area contributed by atoms with Gasteiger partial charge < -0.3 is 11.5 Å². The highest BCUT2D eigenvalue weighted by Crippen LogP contribution is 2.34. The molecule has 0 saturated carbocycles. The van der Waals surface area contributed by atoms with Crippen molar-refractivity contribution in [3.05, 3.63) is 40.4 Å². The zero-order valence-electron chi connectivity index (χ0n) is 8.21. The third kappa shape index (κ3) is 1.82. The Kier molecular flexibility index (Phi) is 2.49. The molecule has 0 amide bonds. The van der Waals surface area contributed by atoms with E-state index in [1.54, 1.807) is 24.3 Å². The SMILES string of the molecule is Nc1ccc(-c2ccc([N+](=O)[O-])s2)cc1N. The van der Waals surface area contributed by atoms with Crippen LogP contribution in [0.3, 0.4) is 0 Å². The highest BCUT2D eigenvalue weighted by Gasteiger charge is 2.11. The van der Waals surface area contributed by atoms with E-state index in [-0.39, 0.29) is 5.00 Å². The molecule has 0 fully saturated rings. The van der Waals surface area contributed by atoms with Crippen LogP contribution in [0.15, 0.2) is 30.3 Å². The number of thiophene rings is 1. The van der Waals surface area contributed by atoms with Gasteiger partial charge in [0.25, 0.3) is 0 Å². The van der Waals surface area contributed by atoms with Crippen LogP contribution in [0.2, 0.25) is 0 Å². The van der Waals surface area contributed by atoms with Gasteiger partial charge in [-0.05, 0) is 23.8 Å². The average Bonchev–Trinajstić information content (AvgIpc) is 2.71. The van der Waals surface area contributed by atoms with E-state index >= 15 is 0 Å². The summed E-state index contributed by atoms with van der Waals surface area (Å²) < 4.78 is 0. The second kappa shape index (κ2) is 3.82. The summed E-state index contributed by atoms with van der Waals surface area (Å²) in [7, 11) is 0. The van der Waals surface area contributed by atoms with Gasteiger partial charge in [0.2, 0.25) is 0 Å². The van der Waals surface area contributed by atoms with Gasteiger partial charge in [0.05, 0.1) is 16.3 Å². The first-order chi connectivity index (χ1) is 7.58. The number of hydrogen-bond acceptors (Lipinski definition) is 5. The molecule has 0 aliphatic carbocycles. The lowest BCUT2D eigenvalue weighted by atomic mass is 10.1. The first-order valence-electron chi connectivity index (χ1n) is 4.47.